The number of thiazole rings is 1. The fourth-order valence-electron chi connectivity index (χ4n) is 3.69. The zero-order chi connectivity index (χ0) is 24.4. The van der Waals surface area contributed by atoms with Crippen molar-refractivity contribution in [2.24, 2.45) is 5.92 Å². The van der Waals surface area contributed by atoms with Crippen molar-refractivity contribution < 1.29 is 34.0 Å². The van der Waals surface area contributed by atoms with Crippen LogP contribution in [0.3, 0.4) is 0 Å². The quantitative estimate of drug-likeness (QED) is 0.416. The Morgan fingerprint density at radius 2 is 2.00 bits per heavy atom. The first-order chi connectivity index (χ1) is 16.2. The summed E-state index contributed by atoms with van der Waals surface area (Å²) in [4.78, 5) is 17.2. The lowest BCUT2D eigenvalue weighted by Gasteiger charge is -2.40. The molecule has 1 aromatic carbocycles. The third-order valence-corrected chi connectivity index (χ3v) is 7.01. The first kappa shape index (κ1) is 24.8. The number of furan rings is 1. The maximum atomic E-state index is 11.8. The molecule has 4 rings (SSSR count). The third-order valence-electron chi connectivity index (χ3n) is 5.63. The predicted octanol–water partition coefficient (Wildman–Crippen LogP) is 3.37. The number of ether oxygens (including phenoxy) is 2. The number of halogens is 1. The summed E-state index contributed by atoms with van der Waals surface area (Å²) in [6.07, 6.45) is -2.43. The van der Waals surface area contributed by atoms with Crippen LogP contribution >= 0.6 is 22.9 Å². The lowest BCUT2D eigenvalue weighted by Crippen LogP contribution is -2.55. The van der Waals surface area contributed by atoms with E-state index in [2.05, 4.69) is 4.98 Å². The highest BCUT2D eigenvalue weighted by molar-refractivity contribution is 7.15. The highest BCUT2D eigenvalue weighted by Gasteiger charge is 2.44. The second-order valence-electron chi connectivity index (χ2n) is 8.47. The minimum absolute atomic E-state index is 0.242. The number of nitrogens with zero attached hydrogens (tertiary/aromatic N) is 1. The zero-order valence-electron chi connectivity index (χ0n) is 18.6. The van der Waals surface area contributed by atoms with Crippen molar-refractivity contribution in [1.82, 2.24) is 4.98 Å². The number of esters is 1. The topological polar surface area (TPSA) is 122 Å². The van der Waals surface area contributed by atoms with Gasteiger partial charge in [-0.05, 0) is 29.3 Å². The van der Waals surface area contributed by atoms with Gasteiger partial charge < -0.3 is 29.2 Å². The fraction of sp³-hybridized carbons (Fsp3) is 0.417. The SMILES string of the molecule is CC(C)C(=O)OC[C@H]1O[C@@H](c2ccc(Cl)c(Cc3ncc(-c4ccco4)s3)c2)[C@H](O)[C@@H](O)[C@@H]1O. The Balaban J connectivity index is 1.52. The van der Waals surface area contributed by atoms with Crippen LogP contribution < -0.4 is 0 Å². The van der Waals surface area contributed by atoms with Crippen LogP contribution in [0.25, 0.3) is 10.6 Å². The van der Waals surface area contributed by atoms with Crippen LogP contribution in [0.1, 0.15) is 36.1 Å². The molecule has 3 aromatic rings. The van der Waals surface area contributed by atoms with E-state index in [0.717, 1.165) is 21.2 Å². The molecule has 1 aliphatic rings. The maximum absolute atomic E-state index is 11.8. The molecule has 8 nitrogen and oxygen atoms in total. The number of carbonyl (C=O) groups excluding carboxylic acids is 1. The van der Waals surface area contributed by atoms with E-state index in [9.17, 15) is 20.1 Å². The van der Waals surface area contributed by atoms with Gasteiger partial charge in [0.25, 0.3) is 0 Å². The number of carbonyl (C=O) groups is 1. The van der Waals surface area contributed by atoms with Crippen molar-refractivity contribution in [3.63, 3.8) is 0 Å². The maximum Gasteiger partial charge on any atom is 0.308 e. The molecule has 0 amide bonds. The molecule has 0 bridgehead atoms. The van der Waals surface area contributed by atoms with Crippen LogP contribution in [0.5, 0.6) is 0 Å². The molecule has 1 aliphatic heterocycles. The van der Waals surface area contributed by atoms with E-state index < -0.39 is 36.5 Å². The number of aromatic nitrogens is 1. The van der Waals surface area contributed by atoms with Gasteiger partial charge in [0.1, 0.15) is 42.9 Å². The van der Waals surface area contributed by atoms with E-state index in [4.69, 9.17) is 25.5 Å². The average Bonchev–Trinajstić information content (AvgIpc) is 3.50. The molecular formula is C24H26ClNO7S. The molecule has 34 heavy (non-hydrogen) atoms. The molecule has 10 heteroatoms. The number of hydrogen-bond acceptors (Lipinski definition) is 9. The Morgan fingerprint density at radius 1 is 1.21 bits per heavy atom. The second kappa shape index (κ2) is 10.6. The lowest BCUT2D eigenvalue weighted by molar-refractivity contribution is -0.234. The molecule has 3 N–H and O–H groups in total. The summed E-state index contributed by atoms with van der Waals surface area (Å²) in [5.74, 6) is -0.0526. The van der Waals surface area contributed by atoms with Gasteiger partial charge >= 0.3 is 5.97 Å². The van der Waals surface area contributed by atoms with Crippen LogP contribution in [0.15, 0.2) is 47.2 Å². The van der Waals surface area contributed by atoms with Crippen LogP contribution in [0.2, 0.25) is 5.02 Å². The van der Waals surface area contributed by atoms with E-state index in [1.165, 1.54) is 11.3 Å². The summed E-state index contributed by atoms with van der Waals surface area (Å²) in [6.45, 7) is 3.14. The highest BCUT2D eigenvalue weighted by atomic mass is 35.5. The van der Waals surface area contributed by atoms with E-state index >= 15 is 0 Å². The average molecular weight is 508 g/mol. The molecule has 0 spiro atoms. The third kappa shape index (κ3) is 5.35. The smallest absolute Gasteiger partial charge is 0.308 e. The summed E-state index contributed by atoms with van der Waals surface area (Å²) >= 11 is 7.91. The van der Waals surface area contributed by atoms with Crippen molar-refractivity contribution in [2.45, 2.75) is 50.8 Å². The molecule has 182 valence electrons. The number of aliphatic hydroxyl groups excluding tert-OH is 3. The predicted molar refractivity (Wildman–Crippen MR) is 126 cm³/mol. The van der Waals surface area contributed by atoms with E-state index in [1.807, 2.05) is 12.1 Å². The molecule has 0 radical (unpaired) electrons. The second-order valence-corrected chi connectivity index (χ2v) is 10.00. The van der Waals surface area contributed by atoms with E-state index in [-0.39, 0.29) is 12.5 Å². The highest BCUT2D eigenvalue weighted by Crippen LogP contribution is 2.35. The van der Waals surface area contributed by atoms with Crippen LogP contribution in [0, 0.1) is 5.92 Å². The van der Waals surface area contributed by atoms with Gasteiger partial charge in [0.05, 0.1) is 22.1 Å². The van der Waals surface area contributed by atoms with Gasteiger partial charge in [-0.1, -0.05) is 37.6 Å². The summed E-state index contributed by atoms with van der Waals surface area (Å²) in [6, 6.07) is 8.84. The number of benzene rings is 1. The molecule has 3 heterocycles. The Morgan fingerprint density at radius 3 is 2.71 bits per heavy atom. The van der Waals surface area contributed by atoms with Gasteiger partial charge in [-0.3, -0.25) is 4.79 Å². The molecule has 0 saturated carbocycles. The standard InChI is InChI=1S/C24H26ClNO7S/c1-12(2)24(30)32-11-17-20(27)21(28)22(29)23(33-17)13-5-6-15(25)14(8-13)9-19-26-10-18(34-19)16-4-3-7-31-16/h3-8,10,12,17,20-23,27-29H,9,11H2,1-2H3/t17-,20-,21+,22-,23+/m1/s1. The summed E-state index contributed by atoms with van der Waals surface area (Å²) in [5, 5.41) is 32.7. The zero-order valence-corrected chi connectivity index (χ0v) is 20.2. The van der Waals surface area contributed by atoms with Gasteiger partial charge in [0, 0.05) is 17.6 Å². The van der Waals surface area contributed by atoms with Crippen molar-refractivity contribution in [1.29, 1.82) is 0 Å². The van der Waals surface area contributed by atoms with Crippen LogP contribution in [-0.2, 0) is 20.7 Å². The van der Waals surface area contributed by atoms with Crippen LogP contribution in [-0.4, -0.2) is 57.3 Å². The normalized spacial score (nSPS) is 25.0. The molecule has 1 fully saturated rings. The van der Waals surface area contributed by atoms with Crippen molar-refractivity contribution >= 4 is 28.9 Å². The first-order valence-electron chi connectivity index (χ1n) is 10.9. The number of aliphatic hydroxyl groups is 3. The van der Waals surface area contributed by atoms with Gasteiger partial charge in [-0.2, -0.15) is 0 Å². The molecule has 0 aliphatic carbocycles. The number of hydrogen-bond donors (Lipinski definition) is 3. The minimum Gasteiger partial charge on any atom is -0.463 e. The molecule has 0 unspecified atom stereocenters. The lowest BCUT2D eigenvalue weighted by atomic mass is 9.90. The summed E-state index contributed by atoms with van der Waals surface area (Å²) in [7, 11) is 0. The monoisotopic (exact) mass is 507 g/mol. The Kier molecular flexibility index (Phi) is 7.71. The largest absolute Gasteiger partial charge is 0.463 e. The Hall–Kier alpha value is -2.27. The van der Waals surface area contributed by atoms with Gasteiger partial charge in [0.2, 0.25) is 0 Å². The van der Waals surface area contributed by atoms with Crippen molar-refractivity contribution in [3.8, 4) is 10.6 Å². The molecular weight excluding hydrogens is 482 g/mol. The van der Waals surface area contributed by atoms with Gasteiger partial charge in [0.15, 0.2) is 0 Å². The van der Waals surface area contributed by atoms with E-state index in [1.54, 1.807) is 44.5 Å². The number of rotatable bonds is 7. The summed E-state index contributed by atoms with van der Waals surface area (Å²) < 4.78 is 16.5. The van der Waals surface area contributed by atoms with Gasteiger partial charge in [-0.25, -0.2) is 4.98 Å². The van der Waals surface area contributed by atoms with Crippen molar-refractivity contribution in [2.75, 3.05) is 6.61 Å². The fourth-order valence-corrected chi connectivity index (χ4v) is 4.78. The van der Waals surface area contributed by atoms with E-state index in [0.29, 0.717) is 17.0 Å². The molecule has 5 atom stereocenters. The van der Waals surface area contributed by atoms with Crippen LogP contribution in [0.4, 0.5) is 0 Å². The summed E-state index contributed by atoms with van der Waals surface area (Å²) in [5.41, 5.74) is 1.33. The first-order valence-corrected chi connectivity index (χ1v) is 12.1. The van der Waals surface area contributed by atoms with Gasteiger partial charge in [-0.15, -0.1) is 11.3 Å². The minimum atomic E-state index is -1.48. The Labute approximate surface area is 205 Å². The van der Waals surface area contributed by atoms with Crippen molar-refractivity contribution in [3.05, 3.63) is 63.9 Å². The Bertz CT molecular complexity index is 1120. The molecule has 2 aromatic heterocycles. The molecule has 1 saturated heterocycles.